The molecule has 0 aromatic heterocycles. The van der Waals surface area contributed by atoms with Gasteiger partial charge in [0.15, 0.2) is 0 Å². The van der Waals surface area contributed by atoms with Crippen molar-refractivity contribution >= 4 is 11.6 Å². The lowest BCUT2D eigenvalue weighted by atomic mass is 9.88. The van der Waals surface area contributed by atoms with E-state index >= 15 is 0 Å². The van der Waals surface area contributed by atoms with Gasteiger partial charge in [0.2, 0.25) is 5.91 Å². The van der Waals surface area contributed by atoms with Gasteiger partial charge in [-0.2, -0.15) is 0 Å². The first-order valence-corrected chi connectivity index (χ1v) is 6.09. The third-order valence-corrected chi connectivity index (χ3v) is 3.46. The molecule has 2 aliphatic rings. The summed E-state index contributed by atoms with van der Waals surface area (Å²) in [6.45, 7) is 0. The first-order valence-electron chi connectivity index (χ1n) is 6.09. The largest absolute Gasteiger partial charge is 0.305 e. The Morgan fingerprint density at radius 2 is 2.00 bits per heavy atom. The first kappa shape index (κ1) is 10.3. The van der Waals surface area contributed by atoms with E-state index in [0.29, 0.717) is 6.42 Å². The summed E-state index contributed by atoms with van der Waals surface area (Å²) in [7, 11) is 0. The molecule has 1 amide bonds. The van der Waals surface area contributed by atoms with Crippen molar-refractivity contribution in [3.8, 4) is 0 Å². The summed E-state index contributed by atoms with van der Waals surface area (Å²) >= 11 is 0. The van der Waals surface area contributed by atoms with Crippen LogP contribution in [0.25, 0.3) is 0 Å². The van der Waals surface area contributed by atoms with Crippen molar-refractivity contribution in [2.45, 2.75) is 25.3 Å². The second-order valence-electron chi connectivity index (χ2n) is 4.53. The van der Waals surface area contributed by atoms with E-state index in [0.717, 1.165) is 18.5 Å². The molecule has 1 fully saturated rings. The molecule has 1 atom stereocenters. The summed E-state index contributed by atoms with van der Waals surface area (Å²) in [6, 6.07) is 10.2. The van der Waals surface area contributed by atoms with Crippen molar-refractivity contribution in [3.05, 3.63) is 54.1 Å². The Morgan fingerprint density at radius 1 is 1.18 bits per heavy atom. The van der Waals surface area contributed by atoms with Crippen molar-refractivity contribution in [1.29, 1.82) is 0 Å². The number of amides is 1. The Hall–Kier alpha value is -1.83. The predicted molar refractivity (Wildman–Crippen MR) is 68.8 cm³/mol. The second kappa shape index (κ2) is 4.21. The van der Waals surface area contributed by atoms with Crippen LogP contribution >= 0.6 is 0 Å². The van der Waals surface area contributed by atoms with Crippen LogP contribution in [-0.2, 0) is 4.79 Å². The summed E-state index contributed by atoms with van der Waals surface area (Å²) in [4.78, 5) is 13.7. The van der Waals surface area contributed by atoms with Crippen LogP contribution in [0, 0.1) is 0 Å². The second-order valence-corrected chi connectivity index (χ2v) is 4.53. The van der Waals surface area contributed by atoms with Gasteiger partial charge < -0.3 is 4.90 Å². The number of allylic oxidation sites excluding steroid dienone is 3. The number of carbonyl (C=O) groups is 1. The van der Waals surface area contributed by atoms with Gasteiger partial charge in [0.1, 0.15) is 0 Å². The van der Waals surface area contributed by atoms with Gasteiger partial charge in [-0.25, -0.2) is 0 Å². The fraction of sp³-hybridized carbons (Fsp3) is 0.267. The molecule has 1 saturated heterocycles. The minimum atomic E-state index is 0.233. The van der Waals surface area contributed by atoms with Gasteiger partial charge in [-0.1, -0.05) is 36.4 Å². The lowest BCUT2D eigenvalue weighted by Gasteiger charge is -2.42. The predicted octanol–water partition coefficient (Wildman–Crippen LogP) is 3.07. The van der Waals surface area contributed by atoms with Crippen molar-refractivity contribution in [2.24, 2.45) is 0 Å². The van der Waals surface area contributed by atoms with Crippen LogP contribution < -0.4 is 4.90 Å². The maximum Gasteiger partial charge on any atom is 0.229 e. The zero-order chi connectivity index (χ0) is 11.7. The molecular formula is C15H15NO. The molecule has 0 spiro atoms. The van der Waals surface area contributed by atoms with E-state index in [1.165, 1.54) is 5.57 Å². The molecule has 2 heteroatoms. The molecule has 1 heterocycles. The van der Waals surface area contributed by atoms with Gasteiger partial charge in [-0.15, -0.1) is 0 Å². The van der Waals surface area contributed by atoms with Gasteiger partial charge in [-0.05, 0) is 30.5 Å². The van der Waals surface area contributed by atoms with Gasteiger partial charge in [-0.3, -0.25) is 4.79 Å². The topological polar surface area (TPSA) is 20.3 Å². The van der Waals surface area contributed by atoms with Crippen molar-refractivity contribution < 1.29 is 4.79 Å². The van der Waals surface area contributed by atoms with Crippen LogP contribution in [0.2, 0.25) is 0 Å². The highest BCUT2D eigenvalue weighted by Gasteiger charge is 2.38. The summed E-state index contributed by atoms with van der Waals surface area (Å²) in [5, 5.41) is 0. The maximum atomic E-state index is 11.8. The average Bonchev–Trinajstić information content (AvgIpc) is 2.38. The van der Waals surface area contributed by atoms with Gasteiger partial charge in [0, 0.05) is 5.69 Å². The number of hydrogen-bond donors (Lipinski definition) is 0. The SMILES string of the molecule is O=C1CC(C2=CC=CCC2)N1c1ccccc1. The smallest absolute Gasteiger partial charge is 0.229 e. The van der Waals surface area contributed by atoms with E-state index in [2.05, 4.69) is 18.2 Å². The molecule has 1 aromatic rings. The van der Waals surface area contributed by atoms with E-state index in [-0.39, 0.29) is 11.9 Å². The Morgan fingerprint density at radius 3 is 2.65 bits per heavy atom. The van der Waals surface area contributed by atoms with Crippen LogP contribution in [0.5, 0.6) is 0 Å². The zero-order valence-corrected chi connectivity index (χ0v) is 9.67. The Kier molecular flexibility index (Phi) is 2.56. The average molecular weight is 225 g/mol. The molecule has 1 aliphatic carbocycles. The summed E-state index contributed by atoms with van der Waals surface area (Å²) < 4.78 is 0. The highest BCUT2D eigenvalue weighted by Crippen LogP contribution is 2.34. The minimum absolute atomic E-state index is 0.233. The Bertz CT molecular complexity index is 487. The van der Waals surface area contributed by atoms with Gasteiger partial charge in [0.05, 0.1) is 12.5 Å². The molecular weight excluding hydrogens is 210 g/mol. The highest BCUT2D eigenvalue weighted by molar-refractivity contribution is 6.01. The lowest BCUT2D eigenvalue weighted by Crippen LogP contribution is -2.54. The third-order valence-electron chi connectivity index (χ3n) is 3.46. The summed E-state index contributed by atoms with van der Waals surface area (Å²) in [6.07, 6.45) is 9.28. The minimum Gasteiger partial charge on any atom is -0.305 e. The van der Waals surface area contributed by atoms with Gasteiger partial charge >= 0.3 is 0 Å². The third kappa shape index (κ3) is 1.80. The van der Waals surface area contributed by atoms with E-state index in [4.69, 9.17) is 0 Å². The highest BCUT2D eigenvalue weighted by atomic mass is 16.2. The number of nitrogens with zero attached hydrogens (tertiary/aromatic N) is 1. The lowest BCUT2D eigenvalue weighted by molar-refractivity contribution is -0.123. The monoisotopic (exact) mass is 225 g/mol. The van der Waals surface area contributed by atoms with E-state index in [1.54, 1.807) is 0 Å². The van der Waals surface area contributed by atoms with Crippen LogP contribution in [0.15, 0.2) is 54.1 Å². The number of benzene rings is 1. The molecule has 0 radical (unpaired) electrons. The molecule has 1 aromatic carbocycles. The fourth-order valence-electron chi connectivity index (χ4n) is 2.52. The molecule has 86 valence electrons. The number of hydrogen-bond acceptors (Lipinski definition) is 1. The molecule has 2 nitrogen and oxygen atoms in total. The molecule has 1 aliphatic heterocycles. The van der Waals surface area contributed by atoms with Crippen LogP contribution in [0.3, 0.4) is 0 Å². The number of para-hydroxylation sites is 1. The number of rotatable bonds is 2. The van der Waals surface area contributed by atoms with Crippen molar-refractivity contribution in [2.75, 3.05) is 4.90 Å². The van der Waals surface area contributed by atoms with Crippen molar-refractivity contribution in [3.63, 3.8) is 0 Å². The maximum absolute atomic E-state index is 11.8. The van der Waals surface area contributed by atoms with E-state index in [9.17, 15) is 4.79 Å². The van der Waals surface area contributed by atoms with Crippen LogP contribution in [-0.4, -0.2) is 11.9 Å². The van der Waals surface area contributed by atoms with Crippen LogP contribution in [0.4, 0.5) is 5.69 Å². The molecule has 3 rings (SSSR count). The van der Waals surface area contributed by atoms with E-state index < -0.39 is 0 Å². The molecule has 0 N–H and O–H groups in total. The standard InChI is InChI=1S/C15H15NO/c17-15-11-14(12-7-3-1-4-8-12)16(15)13-9-5-2-6-10-13/h1-3,5-7,9-10,14H,4,8,11H2. The Balaban J connectivity index is 1.86. The number of anilines is 1. The first-order chi connectivity index (χ1) is 8.36. The molecule has 0 saturated carbocycles. The van der Waals surface area contributed by atoms with Crippen LogP contribution in [0.1, 0.15) is 19.3 Å². The summed E-state index contributed by atoms with van der Waals surface area (Å²) in [5.41, 5.74) is 2.40. The molecule has 17 heavy (non-hydrogen) atoms. The zero-order valence-electron chi connectivity index (χ0n) is 9.67. The quantitative estimate of drug-likeness (QED) is 0.708. The number of β-lactam (4-membered cyclic amide) rings is 1. The Labute approximate surface area is 101 Å². The normalized spacial score (nSPS) is 23.3. The molecule has 1 unspecified atom stereocenters. The number of carbonyl (C=O) groups excluding carboxylic acids is 1. The summed E-state index contributed by atoms with van der Waals surface area (Å²) in [5.74, 6) is 0.233. The van der Waals surface area contributed by atoms with Gasteiger partial charge in [0.25, 0.3) is 0 Å². The fourth-order valence-corrected chi connectivity index (χ4v) is 2.52. The molecule has 0 bridgehead atoms. The van der Waals surface area contributed by atoms with E-state index in [1.807, 2.05) is 35.2 Å². The van der Waals surface area contributed by atoms with Crippen molar-refractivity contribution in [1.82, 2.24) is 0 Å².